The molecule has 37 heavy (non-hydrogen) atoms. The molecule has 0 atom stereocenters. The van der Waals surface area contributed by atoms with Gasteiger partial charge in [-0.2, -0.15) is 8.78 Å². The van der Waals surface area contributed by atoms with E-state index in [0.29, 0.717) is 37.7 Å². The van der Waals surface area contributed by atoms with Crippen LogP contribution in [-0.2, 0) is 22.6 Å². The molecule has 0 spiro atoms. The molecule has 204 valence electrons. The Balaban J connectivity index is 1.48. The van der Waals surface area contributed by atoms with Gasteiger partial charge in [0.1, 0.15) is 31.3 Å². The molecule has 0 aliphatic heterocycles. The Morgan fingerprint density at radius 1 is 0.757 bits per heavy atom. The lowest BCUT2D eigenvalue weighted by Crippen LogP contribution is -2.12. The molecule has 0 unspecified atom stereocenters. The van der Waals surface area contributed by atoms with Crippen LogP contribution in [0.1, 0.15) is 82.8 Å². The van der Waals surface area contributed by atoms with Crippen molar-refractivity contribution in [2.45, 2.75) is 84.7 Å². The van der Waals surface area contributed by atoms with Gasteiger partial charge in [0.05, 0.1) is 0 Å². The van der Waals surface area contributed by atoms with Gasteiger partial charge in [0.25, 0.3) is 6.08 Å². The third-order valence-electron chi connectivity index (χ3n) is 5.89. The van der Waals surface area contributed by atoms with E-state index >= 15 is 0 Å². The molecule has 4 nitrogen and oxygen atoms in total. The molecule has 0 N–H and O–H groups in total. The predicted molar refractivity (Wildman–Crippen MR) is 144 cm³/mol. The minimum Gasteiger partial charge on any atom is -0.490 e. The van der Waals surface area contributed by atoms with Crippen molar-refractivity contribution in [2.24, 2.45) is 5.92 Å². The first kappa shape index (κ1) is 30.3. The van der Waals surface area contributed by atoms with Crippen molar-refractivity contribution < 1.29 is 27.8 Å². The van der Waals surface area contributed by atoms with Crippen molar-refractivity contribution in [3.63, 3.8) is 0 Å². The smallest absolute Gasteiger partial charge is 0.305 e. The van der Waals surface area contributed by atoms with E-state index in [4.69, 9.17) is 14.2 Å². The topological polar surface area (TPSA) is 44.8 Å². The summed E-state index contributed by atoms with van der Waals surface area (Å²) >= 11 is 0. The highest BCUT2D eigenvalue weighted by Gasteiger charge is 2.04. The van der Waals surface area contributed by atoms with E-state index in [9.17, 15) is 13.6 Å². The van der Waals surface area contributed by atoms with Crippen LogP contribution in [0.5, 0.6) is 11.5 Å². The third-order valence-corrected chi connectivity index (χ3v) is 5.89. The van der Waals surface area contributed by atoms with E-state index in [0.717, 1.165) is 68.8 Å². The van der Waals surface area contributed by atoms with Crippen molar-refractivity contribution in [1.29, 1.82) is 0 Å². The summed E-state index contributed by atoms with van der Waals surface area (Å²) in [5.74, 6) is 1.92. The van der Waals surface area contributed by atoms with Gasteiger partial charge in [-0.15, -0.1) is 0 Å². The molecular weight excluding hydrogens is 474 g/mol. The Labute approximate surface area is 221 Å². The Morgan fingerprint density at radius 3 is 1.95 bits per heavy atom. The summed E-state index contributed by atoms with van der Waals surface area (Å²) < 4.78 is 40.6. The van der Waals surface area contributed by atoms with Crippen LogP contribution in [0.2, 0.25) is 0 Å². The normalized spacial score (nSPS) is 10.8. The van der Waals surface area contributed by atoms with E-state index < -0.39 is 6.08 Å². The Kier molecular flexibility index (Phi) is 15.1. The number of esters is 1. The number of ether oxygens (including phenoxy) is 3. The lowest BCUT2D eigenvalue weighted by molar-refractivity contribution is -0.144. The molecule has 2 aromatic carbocycles. The predicted octanol–water partition coefficient (Wildman–Crippen LogP) is 8.68. The number of carbonyl (C=O) groups excluding carboxylic acids is 1. The second-order valence-electron chi connectivity index (χ2n) is 9.75. The first-order chi connectivity index (χ1) is 17.9. The summed E-state index contributed by atoms with van der Waals surface area (Å²) in [6.07, 6.45) is 8.05. The fourth-order valence-electron chi connectivity index (χ4n) is 3.94. The molecule has 0 aliphatic carbocycles. The number of hydrogen-bond acceptors (Lipinski definition) is 4. The zero-order chi connectivity index (χ0) is 26.7. The van der Waals surface area contributed by atoms with Crippen LogP contribution in [0.4, 0.5) is 8.78 Å². The molecule has 0 heterocycles. The Morgan fingerprint density at radius 2 is 1.32 bits per heavy atom. The van der Waals surface area contributed by atoms with Gasteiger partial charge in [0.2, 0.25) is 0 Å². The number of rotatable bonds is 19. The van der Waals surface area contributed by atoms with E-state index in [1.807, 2.05) is 24.3 Å². The third kappa shape index (κ3) is 15.1. The number of carbonyl (C=O) groups is 1. The van der Waals surface area contributed by atoms with Crippen molar-refractivity contribution >= 4 is 5.97 Å². The van der Waals surface area contributed by atoms with E-state index in [1.54, 1.807) is 0 Å². The number of halogens is 2. The van der Waals surface area contributed by atoms with Gasteiger partial charge in [-0.3, -0.25) is 4.79 Å². The second-order valence-corrected chi connectivity index (χ2v) is 9.75. The van der Waals surface area contributed by atoms with Crippen LogP contribution >= 0.6 is 0 Å². The maximum atomic E-state index is 11.9. The maximum Gasteiger partial charge on any atom is 0.305 e. The second kappa shape index (κ2) is 18.4. The number of unbranched alkanes of at least 4 members (excludes halogenated alkanes) is 7. The van der Waals surface area contributed by atoms with Gasteiger partial charge in [-0.1, -0.05) is 70.2 Å². The highest BCUT2D eigenvalue weighted by molar-refractivity contribution is 5.69. The number of allylic oxidation sites excluding steroid dienone is 1. The van der Waals surface area contributed by atoms with Crippen LogP contribution in [-0.4, -0.2) is 19.2 Å². The van der Waals surface area contributed by atoms with Crippen LogP contribution in [0, 0.1) is 5.92 Å². The zero-order valence-corrected chi connectivity index (χ0v) is 22.4. The lowest BCUT2D eigenvalue weighted by atomic mass is 10.0. The van der Waals surface area contributed by atoms with Gasteiger partial charge < -0.3 is 14.2 Å². The number of benzene rings is 2. The number of hydrogen-bond donors (Lipinski definition) is 0. The average molecular weight is 517 g/mol. The highest BCUT2D eigenvalue weighted by Crippen LogP contribution is 2.19. The van der Waals surface area contributed by atoms with E-state index in [-0.39, 0.29) is 12.6 Å². The lowest BCUT2D eigenvalue weighted by Gasteiger charge is -2.10. The van der Waals surface area contributed by atoms with Gasteiger partial charge in [-0.05, 0) is 73.1 Å². The first-order valence-corrected chi connectivity index (χ1v) is 13.5. The molecule has 2 rings (SSSR count). The Hall–Kier alpha value is -2.89. The average Bonchev–Trinajstić information content (AvgIpc) is 2.87. The fraction of sp³-hybridized carbons (Fsp3) is 0.516. The summed E-state index contributed by atoms with van der Waals surface area (Å²) in [6.45, 7) is 5.47. The maximum absolute atomic E-state index is 11.9. The fourth-order valence-corrected chi connectivity index (χ4v) is 3.94. The summed E-state index contributed by atoms with van der Waals surface area (Å²) in [5, 5.41) is 0. The monoisotopic (exact) mass is 516 g/mol. The SMILES string of the molecule is CC(C)Cc1ccc(COc2ccc(OCCOC(=O)CCCCCCCCCC=C(F)F)cc2)cc1. The molecule has 0 saturated carbocycles. The van der Waals surface area contributed by atoms with Crippen molar-refractivity contribution in [1.82, 2.24) is 0 Å². The summed E-state index contributed by atoms with van der Waals surface area (Å²) in [7, 11) is 0. The molecule has 6 heteroatoms. The van der Waals surface area contributed by atoms with Crippen LogP contribution in [0.25, 0.3) is 0 Å². The van der Waals surface area contributed by atoms with Crippen molar-refractivity contribution in [2.75, 3.05) is 13.2 Å². The molecule has 0 aliphatic rings. The van der Waals surface area contributed by atoms with Crippen LogP contribution in [0.15, 0.2) is 60.7 Å². The standard InChI is InChI=1S/C31H42F2O4/c1-25(2)23-26-13-15-27(16-14-26)24-37-29-19-17-28(18-20-29)35-21-22-36-31(34)12-10-8-6-4-3-5-7-9-11-30(32)33/h11,13-20,25H,3-10,12,21-24H2,1-2H3. The largest absolute Gasteiger partial charge is 0.490 e. The minimum absolute atomic E-state index is 0.204. The molecule has 0 amide bonds. The quantitative estimate of drug-likeness (QED) is 0.138. The van der Waals surface area contributed by atoms with Crippen molar-refractivity contribution in [3.05, 3.63) is 71.8 Å². The molecule has 0 bridgehead atoms. The molecule has 0 aromatic heterocycles. The molecule has 0 radical (unpaired) electrons. The van der Waals surface area contributed by atoms with Crippen LogP contribution < -0.4 is 9.47 Å². The van der Waals surface area contributed by atoms with Crippen molar-refractivity contribution in [3.8, 4) is 11.5 Å². The van der Waals surface area contributed by atoms with Gasteiger partial charge in [0.15, 0.2) is 0 Å². The van der Waals surface area contributed by atoms with Crippen LogP contribution in [0.3, 0.4) is 0 Å². The first-order valence-electron chi connectivity index (χ1n) is 13.5. The molecule has 2 aromatic rings. The Bertz CT molecular complexity index is 904. The van der Waals surface area contributed by atoms with E-state index in [2.05, 4.69) is 38.1 Å². The van der Waals surface area contributed by atoms with Gasteiger partial charge in [-0.25, -0.2) is 0 Å². The zero-order valence-electron chi connectivity index (χ0n) is 22.4. The van der Waals surface area contributed by atoms with Gasteiger partial charge >= 0.3 is 5.97 Å². The highest BCUT2D eigenvalue weighted by atomic mass is 19.3. The summed E-state index contributed by atoms with van der Waals surface area (Å²) in [5.41, 5.74) is 2.48. The molecular formula is C31H42F2O4. The van der Waals surface area contributed by atoms with Gasteiger partial charge in [0, 0.05) is 6.42 Å². The summed E-state index contributed by atoms with van der Waals surface area (Å²) in [6, 6.07) is 16.0. The molecule has 0 saturated heterocycles. The summed E-state index contributed by atoms with van der Waals surface area (Å²) in [4.78, 5) is 11.9. The minimum atomic E-state index is -1.59. The molecule has 0 fully saturated rings. The van der Waals surface area contributed by atoms with E-state index in [1.165, 1.54) is 5.56 Å².